The van der Waals surface area contributed by atoms with Crippen molar-refractivity contribution >= 4 is 116 Å². The summed E-state index contributed by atoms with van der Waals surface area (Å²) in [6, 6.07) is 54.9. The second-order valence-corrected chi connectivity index (χ2v) is 34.2. The number of amides is 3. The number of nitrogens with one attached hydrogen (secondary N) is 6. The molecule has 6 aliphatic rings. The molecule has 6 aromatic heterocycles. The number of piperazine rings is 3. The summed E-state index contributed by atoms with van der Waals surface area (Å²) in [5.74, 6) is 3.67. The predicted molar refractivity (Wildman–Crippen MR) is 490 cm³/mol. The lowest BCUT2D eigenvalue weighted by Gasteiger charge is -2.38. The number of H-pyrrole nitrogens is 3. The number of para-hydroxylation sites is 3. The Morgan fingerprint density at radius 3 is 0.927 bits per heavy atom. The molecule has 3 saturated carbocycles. The van der Waals surface area contributed by atoms with Gasteiger partial charge in [-0.3, -0.25) is 14.7 Å². The first kappa shape index (κ1) is 87.3. The predicted octanol–water partition coefficient (Wildman–Crippen LogP) is 19.8. The van der Waals surface area contributed by atoms with E-state index in [1.165, 1.54) is 44.8 Å². The first-order chi connectivity index (χ1) is 60.3. The summed E-state index contributed by atoms with van der Waals surface area (Å²) < 4.78 is 26.8. The van der Waals surface area contributed by atoms with E-state index in [1.54, 1.807) is 18.6 Å². The molecule has 1 unspecified atom stereocenters. The summed E-state index contributed by atoms with van der Waals surface area (Å²) in [6.45, 7) is 13.6. The third-order valence-electron chi connectivity index (χ3n) is 24.2. The molecule has 0 bridgehead atoms. The molecule has 6 N–H and O–H groups in total. The van der Waals surface area contributed by atoms with Crippen molar-refractivity contribution in [1.29, 1.82) is 0 Å². The van der Waals surface area contributed by atoms with Crippen LogP contribution in [0.2, 0.25) is 15.1 Å². The highest BCUT2D eigenvalue weighted by Crippen LogP contribution is 2.38. The van der Waals surface area contributed by atoms with Crippen LogP contribution < -0.4 is 16.0 Å². The summed E-state index contributed by atoms with van der Waals surface area (Å²) in [4.78, 5) is 88.4. The average molecular weight is 1740 g/mol. The zero-order valence-corrected chi connectivity index (χ0v) is 72.6. The van der Waals surface area contributed by atoms with Gasteiger partial charge in [0.05, 0.1) is 50.7 Å². The minimum absolute atomic E-state index is 0.222. The molecule has 0 radical (unpaired) electrons. The maximum Gasteiger partial charge on any atom is 0.410 e. The van der Waals surface area contributed by atoms with Crippen LogP contribution in [0.25, 0.3) is 66.5 Å². The summed E-state index contributed by atoms with van der Waals surface area (Å²) in [5.41, 5.74) is 11.4. The van der Waals surface area contributed by atoms with Gasteiger partial charge in [-0.05, 0) is 110 Å². The molecule has 3 amide bonds. The topological polar surface area (TPSA) is 259 Å². The van der Waals surface area contributed by atoms with Gasteiger partial charge in [0.25, 0.3) is 0 Å². The zero-order valence-electron chi connectivity index (χ0n) is 69.5. The number of hydrogen-bond acceptors (Lipinski definition) is 19. The molecule has 3 aliphatic carbocycles. The van der Waals surface area contributed by atoms with Gasteiger partial charge in [0, 0.05) is 203 Å². The molecule has 29 heteroatoms. The average Bonchev–Trinajstić information content (AvgIpc) is 1.60. The van der Waals surface area contributed by atoms with Crippen LogP contribution in [0.4, 0.5) is 36.1 Å². The maximum absolute atomic E-state index is 12.5. The molecule has 9 heterocycles. The van der Waals surface area contributed by atoms with Crippen LogP contribution in [0.15, 0.2) is 201 Å². The fraction of sp³-hybridized carbons (Fsp3) is 0.394. The highest BCUT2D eigenvalue weighted by molar-refractivity contribution is 7.93. The van der Waals surface area contributed by atoms with Crippen molar-refractivity contribution in [2.24, 2.45) is 17.8 Å². The fourth-order valence-electron chi connectivity index (χ4n) is 17.9. The lowest BCUT2D eigenvalue weighted by Crippen LogP contribution is -2.50. The van der Waals surface area contributed by atoms with Crippen LogP contribution in [0.5, 0.6) is 0 Å². The van der Waals surface area contributed by atoms with Crippen molar-refractivity contribution < 1.29 is 32.5 Å². The lowest BCUT2D eigenvalue weighted by atomic mass is 9.85. The standard InChI is InChI=1S/3C31H35ClN6O2.CH3FS/c3*32-27-19-34-30(36-29(27)26-18-33-28-12-5-4-11-25(26)28)35-24-10-6-9-23(17-24)20-37-13-15-38(16-14-37)31(39)40-21-22-7-2-1-3-8-22;1-3-2/h3*1-5,7-8,11-12,18-19,23-24,33H,6,9-10,13-17,20-21H2,(H,34,35,36);1H3/t23-,24?;2*23-,24+;/m010./s1. The van der Waals surface area contributed by atoms with Crippen molar-refractivity contribution in [1.82, 2.24) is 74.3 Å². The minimum Gasteiger partial charge on any atom is -0.445 e. The molecule has 123 heavy (non-hydrogen) atoms. The van der Waals surface area contributed by atoms with Gasteiger partial charge in [-0.25, -0.2) is 44.3 Å². The highest BCUT2D eigenvalue weighted by atomic mass is 35.5. The van der Waals surface area contributed by atoms with Crippen molar-refractivity contribution in [2.75, 3.05) is 120 Å². The Bertz CT molecular complexity index is 4870. The molecule has 3 saturated heterocycles. The number of aromatic nitrogens is 9. The van der Waals surface area contributed by atoms with Gasteiger partial charge < -0.3 is 59.8 Å². The molecule has 6 aromatic carbocycles. The number of ether oxygens (including phenoxy) is 3. The molecule has 12 aromatic rings. The van der Waals surface area contributed by atoms with Crippen LogP contribution in [0, 0.1) is 17.8 Å². The molecule has 644 valence electrons. The van der Waals surface area contributed by atoms with Crippen molar-refractivity contribution in [3.63, 3.8) is 0 Å². The fourth-order valence-corrected chi connectivity index (χ4v) is 18.4. The minimum atomic E-state index is -0.222. The number of hydrogen-bond donors (Lipinski definition) is 6. The summed E-state index contributed by atoms with van der Waals surface area (Å²) in [6.07, 6.45) is 25.4. The molecule has 24 nitrogen and oxygen atoms in total. The third kappa shape index (κ3) is 24.1. The number of halogens is 4. The van der Waals surface area contributed by atoms with Gasteiger partial charge in [-0.2, -0.15) is 3.89 Å². The Morgan fingerprint density at radius 1 is 0.390 bits per heavy atom. The largest absolute Gasteiger partial charge is 0.445 e. The molecule has 6 atom stereocenters. The summed E-state index contributed by atoms with van der Waals surface area (Å²) >= 11 is 19.8. The number of fused-ring (bicyclic) bond motifs is 3. The number of aromatic amines is 3. The third-order valence-corrected chi connectivity index (χ3v) is 25.0. The molecular weight excluding hydrogens is 1630 g/mol. The molecule has 18 rings (SSSR count). The normalized spacial score (nSPS) is 19.6. The van der Waals surface area contributed by atoms with Crippen LogP contribution in [0.1, 0.15) is 93.7 Å². The monoisotopic (exact) mass is 1740 g/mol. The Labute approximate surface area is 737 Å². The van der Waals surface area contributed by atoms with Crippen LogP contribution in [0.3, 0.4) is 0 Å². The number of carbonyl (C=O) groups is 3. The smallest absolute Gasteiger partial charge is 0.410 e. The molecular formula is C94H108Cl3FN18O6S. The van der Waals surface area contributed by atoms with Gasteiger partial charge >= 0.3 is 18.3 Å². The Balaban J connectivity index is 0.000000141. The van der Waals surface area contributed by atoms with Gasteiger partial charge in [0.2, 0.25) is 17.8 Å². The lowest BCUT2D eigenvalue weighted by molar-refractivity contribution is 0.0651. The van der Waals surface area contributed by atoms with E-state index in [1.807, 2.05) is 179 Å². The van der Waals surface area contributed by atoms with E-state index in [0.717, 1.165) is 181 Å². The van der Waals surface area contributed by atoms with Crippen molar-refractivity contribution in [3.8, 4) is 33.8 Å². The van der Waals surface area contributed by atoms with Crippen LogP contribution >= 0.6 is 47.0 Å². The maximum atomic E-state index is 12.5. The Kier molecular flexibility index (Phi) is 31.0. The Morgan fingerprint density at radius 2 is 0.650 bits per heavy atom. The second-order valence-electron chi connectivity index (χ2n) is 32.7. The van der Waals surface area contributed by atoms with E-state index in [0.29, 0.717) is 128 Å². The number of benzene rings is 6. The quantitative estimate of drug-likeness (QED) is 0.0365. The number of nitrogens with zero attached hydrogens (tertiary/aromatic N) is 12. The van der Waals surface area contributed by atoms with E-state index in [-0.39, 0.29) is 30.4 Å². The van der Waals surface area contributed by atoms with Gasteiger partial charge in [0.1, 0.15) is 19.8 Å². The molecule has 6 fully saturated rings. The van der Waals surface area contributed by atoms with Crippen LogP contribution in [-0.4, -0.2) is 215 Å². The molecule has 3 aliphatic heterocycles. The number of rotatable bonds is 21. The number of carbonyl (C=O) groups excluding carboxylic acids is 3. The van der Waals surface area contributed by atoms with Gasteiger partial charge in [-0.1, -0.05) is 200 Å². The summed E-state index contributed by atoms with van der Waals surface area (Å²) in [5, 5.41) is 15.7. The Hall–Kier alpha value is -10.6. The van der Waals surface area contributed by atoms with Gasteiger partial charge in [-0.15, -0.1) is 0 Å². The van der Waals surface area contributed by atoms with Gasteiger partial charge in [0.15, 0.2) is 0 Å². The zero-order chi connectivity index (χ0) is 84.6. The van der Waals surface area contributed by atoms with E-state index >= 15 is 0 Å². The molecule has 0 spiro atoms. The highest BCUT2D eigenvalue weighted by Gasteiger charge is 2.33. The van der Waals surface area contributed by atoms with Crippen LogP contribution in [-0.2, 0) is 34.0 Å². The van der Waals surface area contributed by atoms with Crippen molar-refractivity contribution in [2.45, 2.75) is 115 Å². The SMILES string of the molecule is CSF.O=C(OCc1ccccc1)N1CCN(C[C@@H]2CCC[C@H](Nc3ncc(Cl)c(-c4c[nH]c5ccccc45)n3)C2)CC1.O=C(OCc1ccccc1)N1CCN(C[C@H]2CCCC(Nc3ncc(Cl)c(-c4c[nH]c5ccccc45)n3)C2)CC1.O=C(OCc1ccccc1)N1CCN(C[C@H]2CCC[C@@H](Nc3ncc(Cl)c(-c4c[nH]c5ccccc45)n3)C2)CC1. The van der Waals surface area contributed by atoms with E-state index in [4.69, 9.17) is 64.0 Å². The van der Waals surface area contributed by atoms with E-state index in [9.17, 15) is 18.3 Å². The van der Waals surface area contributed by atoms with E-state index in [2.05, 4.69) is 78.8 Å². The number of anilines is 3. The van der Waals surface area contributed by atoms with E-state index < -0.39 is 0 Å². The first-order valence-corrected chi connectivity index (χ1v) is 45.3. The second kappa shape index (κ2) is 43.6. The summed E-state index contributed by atoms with van der Waals surface area (Å²) in [7, 11) is 0. The van der Waals surface area contributed by atoms with Crippen molar-refractivity contribution in [3.05, 3.63) is 233 Å². The first-order valence-electron chi connectivity index (χ1n) is 43.0.